The van der Waals surface area contributed by atoms with Crippen LogP contribution in [0.25, 0.3) is 0 Å². The topological polar surface area (TPSA) is 60.2 Å². The minimum Gasteiger partial charge on any atom is -0.352 e. The molecule has 2 atom stereocenters. The Balaban J connectivity index is 1.30. The molecule has 6 rings (SSSR count). The summed E-state index contributed by atoms with van der Waals surface area (Å²) in [6.07, 6.45) is 8.77. The van der Waals surface area contributed by atoms with E-state index < -0.39 is 0 Å². The number of carbonyl (C=O) groups excluding carboxylic acids is 1. The fourth-order valence-corrected chi connectivity index (χ4v) is 8.05. The van der Waals surface area contributed by atoms with Gasteiger partial charge in [-0.1, -0.05) is 15.9 Å². The number of hydrogen-bond donors (Lipinski definition) is 0. The first-order chi connectivity index (χ1) is 13.0. The average Bonchev–Trinajstić information content (AvgIpc) is 2.65. The summed E-state index contributed by atoms with van der Waals surface area (Å²) < 4.78 is 0.213. The summed E-state index contributed by atoms with van der Waals surface area (Å²) in [5, 5.41) is 9.32. The van der Waals surface area contributed by atoms with Crippen LogP contribution in [-0.4, -0.2) is 46.3 Å². The molecule has 4 aliphatic carbocycles. The summed E-state index contributed by atoms with van der Waals surface area (Å²) in [5.41, 5.74) is 0.484. The Morgan fingerprint density at radius 3 is 2.52 bits per heavy atom. The van der Waals surface area contributed by atoms with E-state index in [0.29, 0.717) is 11.5 Å². The van der Waals surface area contributed by atoms with E-state index in [1.165, 1.54) is 19.3 Å². The summed E-state index contributed by atoms with van der Waals surface area (Å²) in [4.78, 5) is 22.2. The number of piperazine rings is 1. The first kappa shape index (κ1) is 17.5. The molecular weight excluding hydrogens is 404 g/mol. The molecule has 142 valence electrons. The van der Waals surface area contributed by atoms with Crippen molar-refractivity contribution in [2.45, 2.75) is 42.8 Å². The molecule has 1 aromatic heterocycles. The highest BCUT2D eigenvalue weighted by Crippen LogP contribution is 2.64. The minimum absolute atomic E-state index is 0.126. The second-order valence-electron chi connectivity index (χ2n) is 9.16. The molecule has 4 bridgehead atoms. The highest BCUT2D eigenvalue weighted by Gasteiger charge is 2.60. The predicted molar refractivity (Wildman–Crippen MR) is 107 cm³/mol. The summed E-state index contributed by atoms with van der Waals surface area (Å²) in [6, 6.07) is 5.84. The van der Waals surface area contributed by atoms with Gasteiger partial charge in [-0.2, -0.15) is 5.26 Å². The van der Waals surface area contributed by atoms with Crippen LogP contribution in [0, 0.1) is 28.6 Å². The molecule has 2 unspecified atom stereocenters. The number of aromatic nitrogens is 1. The fraction of sp³-hybridized carbons (Fsp3) is 0.667. The lowest BCUT2D eigenvalue weighted by molar-refractivity contribution is -0.155. The Bertz CT molecular complexity index is 797. The Morgan fingerprint density at radius 1 is 1.19 bits per heavy atom. The molecule has 1 aromatic rings. The van der Waals surface area contributed by atoms with Crippen LogP contribution in [0.4, 0.5) is 5.82 Å². The quantitative estimate of drug-likeness (QED) is 0.677. The molecule has 5 nitrogen and oxygen atoms in total. The molecule has 0 radical (unpaired) electrons. The fourth-order valence-electron chi connectivity index (χ4n) is 6.59. The number of carbonyl (C=O) groups is 1. The molecule has 1 aliphatic heterocycles. The van der Waals surface area contributed by atoms with E-state index in [1.807, 2.05) is 6.07 Å². The van der Waals surface area contributed by atoms with Gasteiger partial charge in [0.05, 0.1) is 11.0 Å². The Labute approximate surface area is 168 Å². The van der Waals surface area contributed by atoms with Gasteiger partial charge in [-0.25, -0.2) is 4.98 Å². The zero-order valence-electron chi connectivity index (χ0n) is 15.5. The highest BCUT2D eigenvalue weighted by atomic mass is 79.9. The lowest BCUT2D eigenvalue weighted by atomic mass is 9.49. The number of hydrogen-bond acceptors (Lipinski definition) is 4. The third-order valence-electron chi connectivity index (χ3n) is 7.22. The maximum atomic E-state index is 13.6. The number of nitrogens with zero attached hydrogens (tertiary/aromatic N) is 4. The molecule has 0 N–H and O–H groups in total. The zero-order valence-corrected chi connectivity index (χ0v) is 17.1. The summed E-state index contributed by atoms with van der Waals surface area (Å²) >= 11 is 4.02. The van der Waals surface area contributed by atoms with Gasteiger partial charge in [0.2, 0.25) is 5.91 Å². The van der Waals surface area contributed by atoms with Crippen molar-refractivity contribution in [2.75, 3.05) is 31.1 Å². The van der Waals surface area contributed by atoms with Crippen molar-refractivity contribution in [2.24, 2.45) is 17.3 Å². The molecule has 5 aliphatic rings. The number of anilines is 1. The van der Waals surface area contributed by atoms with E-state index in [2.05, 4.69) is 36.8 Å². The lowest BCUT2D eigenvalue weighted by Crippen LogP contribution is -2.61. The second-order valence-corrected chi connectivity index (χ2v) is 10.8. The van der Waals surface area contributed by atoms with Crippen LogP contribution in [-0.2, 0) is 4.79 Å². The van der Waals surface area contributed by atoms with Crippen LogP contribution < -0.4 is 4.90 Å². The number of amides is 1. The van der Waals surface area contributed by atoms with Crippen LogP contribution in [0.2, 0.25) is 0 Å². The standard InChI is InChI=1S/C21H25BrN4O/c22-21-11-15-8-16(12-21)10-20(9-15,14-21)19(27)26-6-4-25(5-7-26)18-17(13-23)2-1-3-24-18/h1-3,15-16H,4-12,14H2. The molecule has 1 amide bonds. The number of rotatable bonds is 2. The van der Waals surface area contributed by atoms with Gasteiger partial charge in [0.1, 0.15) is 11.9 Å². The van der Waals surface area contributed by atoms with E-state index in [9.17, 15) is 10.1 Å². The lowest BCUT2D eigenvalue weighted by Gasteiger charge is -2.60. The van der Waals surface area contributed by atoms with Gasteiger partial charge >= 0.3 is 0 Å². The Morgan fingerprint density at radius 2 is 1.89 bits per heavy atom. The van der Waals surface area contributed by atoms with E-state index in [0.717, 1.165) is 63.1 Å². The molecule has 5 fully saturated rings. The molecule has 0 aromatic carbocycles. The number of alkyl halides is 1. The van der Waals surface area contributed by atoms with E-state index in [4.69, 9.17) is 0 Å². The molecule has 6 heteroatoms. The number of nitriles is 1. The average molecular weight is 429 g/mol. The molecule has 4 saturated carbocycles. The predicted octanol–water partition coefficient (Wildman–Crippen LogP) is 3.34. The maximum absolute atomic E-state index is 13.6. The van der Waals surface area contributed by atoms with Gasteiger partial charge in [-0.05, 0) is 62.5 Å². The van der Waals surface area contributed by atoms with Crippen LogP contribution >= 0.6 is 15.9 Å². The maximum Gasteiger partial charge on any atom is 0.228 e. The van der Waals surface area contributed by atoms with Crippen molar-refractivity contribution in [3.63, 3.8) is 0 Å². The van der Waals surface area contributed by atoms with Crippen molar-refractivity contribution in [1.82, 2.24) is 9.88 Å². The van der Waals surface area contributed by atoms with Crippen LogP contribution in [0.15, 0.2) is 18.3 Å². The molecule has 0 spiro atoms. The minimum atomic E-state index is -0.126. The van der Waals surface area contributed by atoms with E-state index in [-0.39, 0.29) is 9.74 Å². The smallest absolute Gasteiger partial charge is 0.228 e. The van der Waals surface area contributed by atoms with E-state index >= 15 is 0 Å². The van der Waals surface area contributed by atoms with Gasteiger partial charge in [0, 0.05) is 36.7 Å². The van der Waals surface area contributed by atoms with Crippen LogP contribution in [0.3, 0.4) is 0 Å². The summed E-state index contributed by atoms with van der Waals surface area (Å²) in [5.74, 6) is 2.59. The molecule has 27 heavy (non-hydrogen) atoms. The SMILES string of the molecule is N#Cc1cccnc1N1CCN(C(=O)C23CC4CC(CC(Br)(C4)C2)C3)CC1. The van der Waals surface area contributed by atoms with Crippen LogP contribution in [0.1, 0.15) is 44.1 Å². The monoisotopic (exact) mass is 428 g/mol. The van der Waals surface area contributed by atoms with Gasteiger partial charge in [0.25, 0.3) is 0 Å². The van der Waals surface area contributed by atoms with Crippen molar-refractivity contribution in [3.8, 4) is 6.07 Å². The third kappa shape index (κ3) is 2.86. The van der Waals surface area contributed by atoms with Gasteiger partial charge in [0.15, 0.2) is 0 Å². The second kappa shape index (κ2) is 6.20. The van der Waals surface area contributed by atoms with Crippen molar-refractivity contribution in [1.29, 1.82) is 5.26 Å². The largest absolute Gasteiger partial charge is 0.352 e. The van der Waals surface area contributed by atoms with Gasteiger partial charge < -0.3 is 9.80 Å². The summed E-state index contributed by atoms with van der Waals surface area (Å²) in [7, 11) is 0. The molecular formula is C21H25BrN4O. The summed E-state index contributed by atoms with van der Waals surface area (Å²) in [6.45, 7) is 2.96. The Hall–Kier alpha value is -1.61. The van der Waals surface area contributed by atoms with Crippen molar-refractivity contribution >= 4 is 27.7 Å². The van der Waals surface area contributed by atoms with Crippen LogP contribution in [0.5, 0.6) is 0 Å². The van der Waals surface area contributed by atoms with Gasteiger partial charge in [-0.15, -0.1) is 0 Å². The highest BCUT2D eigenvalue weighted by molar-refractivity contribution is 9.10. The Kier molecular flexibility index (Phi) is 4.02. The van der Waals surface area contributed by atoms with Gasteiger partial charge in [-0.3, -0.25) is 4.79 Å². The first-order valence-electron chi connectivity index (χ1n) is 10.1. The van der Waals surface area contributed by atoms with Crippen molar-refractivity contribution in [3.05, 3.63) is 23.9 Å². The zero-order chi connectivity index (χ0) is 18.6. The molecule has 2 heterocycles. The number of halogens is 1. The normalized spacial score (nSPS) is 37.3. The third-order valence-corrected chi connectivity index (χ3v) is 8.14. The molecule has 1 saturated heterocycles. The van der Waals surface area contributed by atoms with E-state index in [1.54, 1.807) is 12.3 Å². The number of pyridine rings is 1. The first-order valence-corrected chi connectivity index (χ1v) is 10.9. The van der Waals surface area contributed by atoms with Crippen molar-refractivity contribution < 1.29 is 4.79 Å².